The van der Waals surface area contributed by atoms with Gasteiger partial charge in [-0.1, -0.05) is 17.7 Å². The Kier molecular flexibility index (Phi) is 5.32. The van der Waals surface area contributed by atoms with E-state index < -0.39 is 24.6 Å². The number of aliphatic hydroxyl groups is 2. The number of halogens is 1. The number of aliphatic hydroxyl groups excluding tert-OH is 2. The first-order chi connectivity index (χ1) is 12.8. The van der Waals surface area contributed by atoms with Crippen LogP contribution < -0.4 is 0 Å². The van der Waals surface area contributed by atoms with Gasteiger partial charge < -0.3 is 15.3 Å². The molecule has 1 aromatic heterocycles. The van der Waals surface area contributed by atoms with Crippen molar-refractivity contribution in [2.75, 3.05) is 0 Å². The fraction of sp³-hybridized carbons (Fsp3) is 0.200. The fourth-order valence-corrected chi connectivity index (χ4v) is 3.28. The molecule has 3 aromatic rings. The molecule has 0 fully saturated rings. The van der Waals surface area contributed by atoms with Gasteiger partial charge in [0, 0.05) is 16.0 Å². The van der Waals surface area contributed by atoms with E-state index in [2.05, 4.69) is 0 Å². The zero-order valence-electron chi connectivity index (χ0n) is 14.5. The molecule has 0 saturated heterocycles. The minimum absolute atomic E-state index is 0.218. The van der Waals surface area contributed by atoms with Crippen LogP contribution in [0.25, 0.3) is 10.9 Å². The molecule has 0 radical (unpaired) electrons. The number of hydrogen-bond donors (Lipinski definition) is 3. The van der Waals surface area contributed by atoms with Gasteiger partial charge >= 0.3 is 5.97 Å². The number of benzene rings is 2. The summed E-state index contributed by atoms with van der Waals surface area (Å²) in [6.45, 7) is 1.10. The van der Waals surface area contributed by atoms with E-state index in [0.717, 1.165) is 0 Å². The maximum atomic E-state index is 13.1. The SMILES string of the molecule is CC(O)c1ccc2c(c1)c(CC(=O)O)c(CO)n2C(=O)c1ccc(Cl)cc1. The molecule has 0 saturated carbocycles. The molecule has 0 bridgehead atoms. The number of rotatable bonds is 5. The largest absolute Gasteiger partial charge is 0.481 e. The fourth-order valence-electron chi connectivity index (χ4n) is 3.15. The van der Waals surface area contributed by atoms with Crippen LogP contribution in [0.1, 0.15) is 40.2 Å². The molecule has 0 aliphatic carbocycles. The van der Waals surface area contributed by atoms with Gasteiger partial charge in [0.1, 0.15) is 0 Å². The number of carboxylic acid groups (broad SMARTS) is 1. The molecule has 0 amide bonds. The quantitative estimate of drug-likeness (QED) is 0.624. The highest BCUT2D eigenvalue weighted by atomic mass is 35.5. The third kappa shape index (κ3) is 3.60. The highest BCUT2D eigenvalue weighted by Crippen LogP contribution is 2.31. The second-order valence-electron chi connectivity index (χ2n) is 6.25. The molecule has 0 spiro atoms. The smallest absolute Gasteiger partial charge is 0.307 e. The summed E-state index contributed by atoms with van der Waals surface area (Å²) < 4.78 is 1.32. The molecular formula is C20H18ClNO5. The van der Waals surface area contributed by atoms with E-state index in [4.69, 9.17) is 11.6 Å². The van der Waals surface area contributed by atoms with E-state index in [0.29, 0.717) is 32.6 Å². The molecular weight excluding hydrogens is 370 g/mol. The number of carbonyl (C=O) groups excluding carboxylic acids is 1. The molecule has 140 valence electrons. The van der Waals surface area contributed by atoms with Gasteiger partial charge in [0.25, 0.3) is 5.91 Å². The Morgan fingerprint density at radius 2 is 1.81 bits per heavy atom. The van der Waals surface area contributed by atoms with Gasteiger partial charge in [-0.2, -0.15) is 0 Å². The van der Waals surface area contributed by atoms with Gasteiger partial charge in [-0.05, 0) is 54.4 Å². The second kappa shape index (κ2) is 7.52. The molecule has 1 heterocycles. The van der Waals surface area contributed by atoms with Gasteiger partial charge in [0.2, 0.25) is 0 Å². The number of carboxylic acids is 1. The van der Waals surface area contributed by atoms with Crippen LogP contribution >= 0.6 is 11.6 Å². The molecule has 2 aromatic carbocycles. The first-order valence-electron chi connectivity index (χ1n) is 8.30. The highest BCUT2D eigenvalue weighted by Gasteiger charge is 2.24. The van der Waals surface area contributed by atoms with Crippen molar-refractivity contribution in [3.05, 3.63) is 69.9 Å². The minimum atomic E-state index is -1.08. The van der Waals surface area contributed by atoms with Crippen LogP contribution in [0, 0.1) is 0 Å². The zero-order valence-corrected chi connectivity index (χ0v) is 15.3. The van der Waals surface area contributed by atoms with E-state index >= 15 is 0 Å². The average molecular weight is 388 g/mol. The molecule has 3 rings (SSSR count). The van der Waals surface area contributed by atoms with E-state index in [9.17, 15) is 24.9 Å². The molecule has 27 heavy (non-hydrogen) atoms. The molecule has 3 N–H and O–H groups in total. The maximum absolute atomic E-state index is 13.1. The van der Waals surface area contributed by atoms with Gasteiger partial charge in [0.15, 0.2) is 0 Å². The van der Waals surface area contributed by atoms with E-state index in [1.54, 1.807) is 49.4 Å². The number of aliphatic carboxylic acids is 1. The molecule has 0 aliphatic heterocycles. The summed E-state index contributed by atoms with van der Waals surface area (Å²) in [5.74, 6) is -1.48. The summed E-state index contributed by atoms with van der Waals surface area (Å²) in [5.41, 5.74) is 1.99. The lowest BCUT2D eigenvalue weighted by atomic mass is 10.0. The number of carbonyl (C=O) groups is 2. The lowest BCUT2D eigenvalue weighted by Gasteiger charge is -2.09. The predicted molar refractivity (Wildman–Crippen MR) is 101 cm³/mol. The van der Waals surface area contributed by atoms with Crippen LogP contribution in [0.2, 0.25) is 5.02 Å². The van der Waals surface area contributed by atoms with E-state index in [1.807, 2.05) is 0 Å². The molecule has 7 heteroatoms. The summed E-state index contributed by atoms with van der Waals surface area (Å²) in [5, 5.41) is 30.0. The highest BCUT2D eigenvalue weighted by molar-refractivity contribution is 6.30. The van der Waals surface area contributed by atoms with Crippen molar-refractivity contribution < 1.29 is 24.9 Å². The molecule has 6 nitrogen and oxygen atoms in total. The third-order valence-corrected chi connectivity index (χ3v) is 4.71. The maximum Gasteiger partial charge on any atom is 0.307 e. The number of hydrogen-bond acceptors (Lipinski definition) is 4. The average Bonchev–Trinajstić information content (AvgIpc) is 2.93. The third-order valence-electron chi connectivity index (χ3n) is 4.46. The summed E-state index contributed by atoms with van der Waals surface area (Å²) in [6.07, 6.45) is -1.10. The summed E-state index contributed by atoms with van der Waals surface area (Å²) in [4.78, 5) is 24.4. The van der Waals surface area contributed by atoms with Crippen molar-refractivity contribution in [3.8, 4) is 0 Å². The Morgan fingerprint density at radius 1 is 1.15 bits per heavy atom. The summed E-state index contributed by atoms with van der Waals surface area (Å²) in [7, 11) is 0. The Balaban J connectivity index is 2.29. The number of fused-ring (bicyclic) bond motifs is 1. The molecule has 0 aliphatic rings. The van der Waals surface area contributed by atoms with Crippen LogP contribution in [-0.4, -0.2) is 31.8 Å². The number of nitrogens with zero attached hydrogens (tertiary/aromatic N) is 1. The second-order valence-corrected chi connectivity index (χ2v) is 6.69. The minimum Gasteiger partial charge on any atom is -0.481 e. The monoisotopic (exact) mass is 387 g/mol. The first kappa shape index (κ1) is 19.1. The van der Waals surface area contributed by atoms with E-state index in [-0.39, 0.29) is 12.1 Å². The van der Waals surface area contributed by atoms with Gasteiger partial charge in [-0.3, -0.25) is 14.2 Å². The van der Waals surface area contributed by atoms with Gasteiger partial charge in [0.05, 0.1) is 30.3 Å². The van der Waals surface area contributed by atoms with Crippen molar-refractivity contribution in [3.63, 3.8) is 0 Å². The topological polar surface area (TPSA) is 99.8 Å². The summed E-state index contributed by atoms with van der Waals surface area (Å²) >= 11 is 5.88. The first-order valence-corrected chi connectivity index (χ1v) is 8.68. The Morgan fingerprint density at radius 3 is 2.37 bits per heavy atom. The molecule has 1 atom stereocenters. The van der Waals surface area contributed by atoms with Crippen molar-refractivity contribution in [2.45, 2.75) is 26.1 Å². The van der Waals surface area contributed by atoms with Crippen molar-refractivity contribution in [2.24, 2.45) is 0 Å². The summed E-state index contributed by atoms with van der Waals surface area (Å²) in [6, 6.07) is 11.3. The normalized spacial score (nSPS) is 12.3. The van der Waals surface area contributed by atoms with Crippen LogP contribution in [0.15, 0.2) is 42.5 Å². The van der Waals surface area contributed by atoms with Gasteiger partial charge in [-0.25, -0.2) is 0 Å². The van der Waals surface area contributed by atoms with Crippen LogP contribution in [0.3, 0.4) is 0 Å². The Hall–Kier alpha value is -2.67. The standard InChI is InChI=1S/C20H18ClNO5/c1-11(24)13-4-7-17-15(8-13)16(9-19(25)26)18(10-23)22(17)20(27)12-2-5-14(21)6-3-12/h2-8,11,23-24H,9-10H2,1H3,(H,25,26). The van der Waals surface area contributed by atoms with Gasteiger partial charge in [-0.15, -0.1) is 0 Å². The lowest BCUT2D eigenvalue weighted by molar-refractivity contribution is -0.136. The van der Waals surface area contributed by atoms with Crippen molar-refractivity contribution in [1.82, 2.24) is 4.57 Å². The zero-order chi connectivity index (χ0) is 19.7. The Bertz CT molecular complexity index is 1020. The van der Waals surface area contributed by atoms with E-state index in [1.165, 1.54) is 4.57 Å². The lowest BCUT2D eigenvalue weighted by Crippen LogP contribution is -2.16. The predicted octanol–water partition coefficient (Wildman–Crippen LogP) is 3.16. The van der Waals surface area contributed by atoms with Crippen LogP contribution in [0.5, 0.6) is 0 Å². The Labute approximate surface area is 160 Å². The number of aromatic nitrogens is 1. The van der Waals surface area contributed by atoms with Crippen molar-refractivity contribution >= 4 is 34.4 Å². The van der Waals surface area contributed by atoms with Crippen LogP contribution in [-0.2, 0) is 17.8 Å². The van der Waals surface area contributed by atoms with Crippen LogP contribution in [0.4, 0.5) is 0 Å². The molecule has 1 unspecified atom stereocenters. The van der Waals surface area contributed by atoms with Crippen molar-refractivity contribution in [1.29, 1.82) is 0 Å².